The lowest BCUT2D eigenvalue weighted by atomic mass is 10.1. The average molecular weight is 458 g/mol. The number of carbonyl (C=O) groups excluding carboxylic acids is 1. The van der Waals surface area contributed by atoms with Gasteiger partial charge in [-0.3, -0.25) is 14.2 Å². The predicted octanol–water partition coefficient (Wildman–Crippen LogP) is 3.98. The van der Waals surface area contributed by atoms with Crippen LogP contribution < -0.4 is 20.9 Å². The normalized spacial score (nSPS) is 14.8. The van der Waals surface area contributed by atoms with Crippen molar-refractivity contribution in [2.75, 3.05) is 10.6 Å². The summed E-state index contributed by atoms with van der Waals surface area (Å²) in [6, 6.07) is 17.1. The Hall–Kier alpha value is -4.16. The summed E-state index contributed by atoms with van der Waals surface area (Å²) in [5.41, 5.74) is 2.81. The highest BCUT2D eigenvalue weighted by Crippen LogP contribution is 2.33. The van der Waals surface area contributed by atoms with Crippen LogP contribution >= 0.6 is 11.3 Å². The van der Waals surface area contributed by atoms with Gasteiger partial charge in [0.25, 0.3) is 11.5 Å². The lowest BCUT2D eigenvalue weighted by Gasteiger charge is -2.23. The number of hydrogen-bond donors (Lipinski definition) is 2. The highest BCUT2D eigenvalue weighted by molar-refractivity contribution is 7.17. The van der Waals surface area contributed by atoms with Crippen LogP contribution in [0.2, 0.25) is 0 Å². The molecule has 0 bridgehead atoms. The molecule has 1 aliphatic heterocycles. The smallest absolute Gasteiger partial charge is 0.265 e. The third-order valence-electron chi connectivity index (χ3n) is 5.45. The second kappa shape index (κ2) is 8.41. The molecule has 4 aromatic rings. The van der Waals surface area contributed by atoms with Crippen LogP contribution in [0.3, 0.4) is 0 Å². The minimum atomic E-state index is -0.542. The number of nitriles is 1. The maximum Gasteiger partial charge on any atom is 0.265 e. The molecule has 1 aliphatic rings. The van der Waals surface area contributed by atoms with E-state index in [4.69, 9.17) is 9.72 Å². The van der Waals surface area contributed by atoms with Gasteiger partial charge in [0.05, 0.1) is 23.7 Å². The molecule has 164 valence electrons. The van der Waals surface area contributed by atoms with Crippen molar-refractivity contribution in [3.63, 3.8) is 0 Å². The van der Waals surface area contributed by atoms with Gasteiger partial charge in [-0.1, -0.05) is 30.3 Å². The van der Waals surface area contributed by atoms with E-state index in [1.807, 2.05) is 41.8 Å². The van der Waals surface area contributed by atoms with Crippen molar-refractivity contribution in [2.24, 2.45) is 0 Å². The zero-order valence-corrected chi connectivity index (χ0v) is 18.5. The fourth-order valence-corrected chi connectivity index (χ4v) is 4.72. The predicted molar refractivity (Wildman–Crippen MR) is 127 cm³/mol. The number of nitrogens with one attached hydrogen (secondary N) is 2. The van der Waals surface area contributed by atoms with Crippen molar-refractivity contribution >= 4 is 38.8 Å². The van der Waals surface area contributed by atoms with E-state index in [1.165, 1.54) is 15.9 Å². The molecule has 0 spiro atoms. The van der Waals surface area contributed by atoms with Crippen molar-refractivity contribution < 1.29 is 9.53 Å². The quantitative estimate of drug-likeness (QED) is 0.469. The number of ether oxygens (including phenoxy) is 1. The molecule has 1 atom stereocenters. The Kier molecular flexibility index (Phi) is 5.28. The Morgan fingerprint density at radius 2 is 2.06 bits per heavy atom. The molecule has 1 amide bonds. The minimum Gasteiger partial charge on any atom is -0.479 e. The van der Waals surface area contributed by atoms with Gasteiger partial charge in [0.2, 0.25) is 0 Å². The van der Waals surface area contributed by atoms with Crippen molar-refractivity contribution in [3.8, 4) is 22.9 Å². The summed E-state index contributed by atoms with van der Waals surface area (Å²) in [5, 5.41) is 17.8. The van der Waals surface area contributed by atoms with E-state index in [-0.39, 0.29) is 24.6 Å². The van der Waals surface area contributed by atoms with Crippen LogP contribution in [-0.2, 0) is 17.9 Å². The van der Waals surface area contributed by atoms with Gasteiger partial charge in [-0.2, -0.15) is 5.26 Å². The number of fused-ring (bicyclic) bond motifs is 2. The zero-order valence-electron chi connectivity index (χ0n) is 17.7. The molecule has 9 heteroatoms. The van der Waals surface area contributed by atoms with E-state index in [2.05, 4.69) is 16.7 Å². The number of benzene rings is 2. The zero-order chi connectivity index (χ0) is 22.9. The van der Waals surface area contributed by atoms with Gasteiger partial charge in [0, 0.05) is 16.6 Å². The van der Waals surface area contributed by atoms with E-state index in [0.29, 0.717) is 27.5 Å². The van der Waals surface area contributed by atoms with Crippen molar-refractivity contribution in [1.82, 2.24) is 9.55 Å². The number of carbonyl (C=O) groups is 1. The lowest BCUT2D eigenvalue weighted by molar-refractivity contribution is -0.122. The Balaban J connectivity index is 1.48. The standard InChI is InChI=1S/C24H19N5O3S/c1-14-22(30)27-18-11-16(7-8-19(18)32-14)26-12-20-28-23-21(24(31)29(20)10-9-25)17(13-33-23)15-5-3-2-4-6-15/h2-8,11,13-14,26H,10,12H2,1H3,(H,27,30)/t14-/m1/s1. The molecule has 2 aromatic heterocycles. The SMILES string of the molecule is C[C@H]1Oc2ccc(NCc3nc4scc(-c5ccccc5)c4c(=O)n3CC#N)cc2NC1=O. The van der Waals surface area contributed by atoms with E-state index in [0.717, 1.165) is 16.8 Å². The fraction of sp³-hybridized carbons (Fsp3) is 0.167. The minimum absolute atomic E-state index is 0.102. The monoisotopic (exact) mass is 457 g/mol. The number of amides is 1. The maximum absolute atomic E-state index is 13.4. The number of thiophene rings is 1. The van der Waals surface area contributed by atoms with Crippen LogP contribution in [0.1, 0.15) is 12.7 Å². The van der Waals surface area contributed by atoms with Crippen molar-refractivity contribution in [2.45, 2.75) is 26.1 Å². The maximum atomic E-state index is 13.4. The fourth-order valence-electron chi connectivity index (χ4n) is 3.77. The molecule has 0 saturated heterocycles. The topological polar surface area (TPSA) is 109 Å². The van der Waals surface area contributed by atoms with E-state index >= 15 is 0 Å². The second-order valence-corrected chi connectivity index (χ2v) is 8.44. The number of rotatable bonds is 5. The largest absolute Gasteiger partial charge is 0.479 e. The molecule has 0 fully saturated rings. The third kappa shape index (κ3) is 3.81. The molecule has 0 unspecified atom stereocenters. The Bertz CT molecular complexity index is 1470. The van der Waals surface area contributed by atoms with Crippen LogP contribution in [0.4, 0.5) is 11.4 Å². The van der Waals surface area contributed by atoms with E-state index in [9.17, 15) is 14.9 Å². The van der Waals surface area contributed by atoms with Crippen LogP contribution in [0.25, 0.3) is 21.3 Å². The van der Waals surface area contributed by atoms with Crippen LogP contribution in [0, 0.1) is 11.3 Å². The molecular weight excluding hydrogens is 438 g/mol. The molecular formula is C24H19N5O3S. The summed E-state index contributed by atoms with van der Waals surface area (Å²) in [6.45, 7) is 1.82. The molecule has 0 radical (unpaired) electrons. The first-order valence-electron chi connectivity index (χ1n) is 10.3. The highest BCUT2D eigenvalue weighted by Gasteiger charge is 2.23. The molecule has 0 aliphatic carbocycles. The lowest BCUT2D eigenvalue weighted by Crippen LogP contribution is -2.34. The van der Waals surface area contributed by atoms with Gasteiger partial charge in [-0.05, 0) is 30.7 Å². The number of anilines is 2. The second-order valence-electron chi connectivity index (χ2n) is 7.59. The first-order chi connectivity index (χ1) is 16.0. The van der Waals surface area contributed by atoms with Crippen LogP contribution in [-0.4, -0.2) is 21.6 Å². The molecule has 8 nitrogen and oxygen atoms in total. The van der Waals surface area contributed by atoms with Crippen LogP contribution in [0.15, 0.2) is 58.7 Å². The molecule has 5 rings (SSSR count). The third-order valence-corrected chi connectivity index (χ3v) is 6.32. The number of hydrogen-bond acceptors (Lipinski definition) is 7. The summed E-state index contributed by atoms with van der Waals surface area (Å²) in [6.07, 6.45) is -0.542. The van der Waals surface area contributed by atoms with Crippen molar-refractivity contribution in [1.29, 1.82) is 5.26 Å². The molecule has 2 N–H and O–H groups in total. The highest BCUT2D eigenvalue weighted by atomic mass is 32.1. The Morgan fingerprint density at radius 3 is 2.85 bits per heavy atom. The summed E-state index contributed by atoms with van der Waals surface area (Å²) in [5.74, 6) is 0.851. The first kappa shape index (κ1) is 20.7. The molecule has 0 saturated carbocycles. The van der Waals surface area contributed by atoms with E-state index in [1.54, 1.807) is 19.1 Å². The van der Waals surface area contributed by atoms with Crippen molar-refractivity contribution in [3.05, 3.63) is 70.1 Å². The van der Waals surface area contributed by atoms with E-state index < -0.39 is 6.10 Å². The van der Waals surface area contributed by atoms with Gasteiger partial charge < -0.3 is 15.4 Å². The van der Waals surface area contributed by atoms with Gasteiger partial charge in [-0.15, -0.1) is 11.3 Å². The number of aromatic nitrogens is 2. The van der Waals surface area contributed by atoms with Gasteiger partial charge in [0.1, 0.15) is 22.9 Å². The first-order valence-corrected chi connectivity index (χ1v) is 11.2. The average Bonchev–Trinajstić information content (AvgIpc) is 3.25. The van der Waals surface area contributed by atoms with Gasteiger partial charge >= 0.3 is 0 Å². The summed E-state index contributed by atoms with van der Waals surface area (Å²) in [4.78, 5) is 30.6. The summed E-state index contributed by atoms with van der Waals surface area (Å²) in [7, 11) is 0. The Morgan fingerprint density at radius 1 is 1.24 bits per heavy atom. The molecule has 33 heavy (non-hydrogen) atoms. The van der Waals surface area contributed by atoms with Gasteiger partial charge in [0.15, 0.2) is 6.10 Å². The molecule has 2 aromatic carbocycles. The summed E-state index contributed by atoms with van der Waals surface area (Å²) < 4.78 is 6.99. The van der Waals surface area contributed by atoms with Gasteiger partial charge in [-0.25, -0.2) is 4.98 Å². The molecule has 3 heterocycles. The summed E-state index contributed by atoms with van der Waals surface area (Å²) >= 11 is 1.41. The van der Waals surface area contributed by atoms with Crippen LogP contribution in [0.5, 0.6) is 5.75 Å². The Labute approximate surface area is 193 Å². The number of nitrogens with zero attached hydrogens (tertiary/aromatic N) is 3.